The second-order valence-corrected chi connectivity index (χ2v) is 6.01. The molecule has 0 radical (unpaired) electrons. The van der Waals surface area contributed by atoms with Crippen LogP contribution in [0.4, 0.5) is 0 Å². The predicted octanol–water partition coefficient (Wildman–Crippen LogP) is 2.91. The van der Waals surface area contributed by atoms with Crippen LogP contribution in [0.2, 0.25) is 0 Å². The average Bonchev–Trinajstić information content (AvgIpc) is 2.82. The summed E-state index contributed by atoms with van der Waals surface area (Å²) in [7, 11) is 1.97. The van der Waals surface area contributed by atoms with Crippen molar-refractivity contribution in [3.63, 3.8) is 0 Å². The number of aryl methyl sites for hydroxylation is 2. The molecule has 1 aliphatic carbocycles. The molecule has 1 aromatic heterocycles. The Kier molecular flexibility index (Phi) is 4.97. The fourth-order valence-electron chi connectivity index (χ4n) is 3.33. The highest BCUT2D eigenvalue weighted by atomic mass is 16.5. The topological polar surface area (TPSA) is 44.1 Å². The molecular weight excluding hydrogens is 252 g/mol. The summed E-state index contributed by atoms with van der Waals surface area (Å²) >= 11 is 0. The van der Waals surface area contributed by atoms with Crippen LogP contribution >= 0.6 is 0 Å². The number of ether oxygens (including phenoxy) is 1. The van der Waals surface area contributed by atoms with E-state index < -0.39 is 5.60 Å². The van der Waals surface area contributed by atoms with E-state index in [1.165, 1.54) is 6.42 Å². The van der Waals surface area contributed by atoms with E-state index in [2.05, 4.69) is 11.9 Å². The Bertz CT molecular complexity index is 451. The minimum atomic E-state index is -0.530. The first-order valence-corrected chi connectivity index (χ1v) is 7.71. The quantitative estimate of drug-likeness (QED) is 0.803. The van der Waals surface area contributed by atoms with Crippen molar-refractivity contribution in [2.75, 3.05) is 6.61 Å². The van der Waals surface area contributed by atoms with Gasteiger partial charge in [-0.2, -0.15) is 0 Å². The lowest BCUT2D eigenvalue weighted by Gasteiger charge is -2.38. The smallest absolute Gasteiger partial charge is 0.165 e. The molecule has 0 aromatic carbocycles. The van der Waals surface area contributed by atoms with Crippen LogP contribution in [-0.4, -0.2) is 27.5 Å². The molecule has 0 saturated heterocycles. The van der Waals surface area contributed by atoms with E-state index in [1.807, 2.05) is 24.7 Å². The molecule has 2 rings (SSSR count). The number of hydrogen-bond donors (Lipinski definition) is 0. The number of hydrogen-bond acceptors (Lipinski definition) is 3. The van der Waals surface area contributed by atoms with Crippen LogP contribution in [0.3, 0.4) is 0 Å². The van der Waals surface area contributed by atoms with Gasteiger partial charge in [0.25, 0.3) is 0 Å². The van der Waals surface area contributed by atoms with Crippen LogP contribution in [0.1, 0.15) is 51.8 Å². The Hall–Kier alpha value is -1.16. The van der Waals surface area contributed by atoms with Crippen molar-refractivity contribution in [2.45, 2.75) is 58.0 Å². The van der Waals surface area contributed by atoms with Gasteiger partial charge in [-0.15, -0.1) is 0 Å². The molecule has 1 saturated carbocycles. The van der Waals surface area contributed by atoms with E-state index in [0.717, 1.165) is 25.1 Å². The van der Waals surface area contributed by atoms with Crippen molar-refractivity contribution in [3.05, 3.63) is 18.2 Å². The van der Waals surface area contributed by atoms with E-state index in [1.54, 1.807) is 6.20 Å². The predicted molar refractivity (Wildman–Crippen MR) is 78.5 cm³/mol. The van der Waals surface area contributed by atoms with Gasteiger partial charge in [-0.05, 0) is 32.1 Å². The summed E-state index contributed by atoms with van der Waals surface area (Å²) in [6.45, 7) is 4.81. The molecule has 0 amide bonds. The maximum Gasteiger partial charge on any atom is 0.165 e. The minimum Gasteiger partial charge on any atom is -0.367 e. The lowest BCUT2D eigenvalue weighted by atomic mass is 9.75. The van der Waals surface area contributed by atoms with E-state index in [-0.39, 0.29) is 5.78 Å². The zero-order valence-electron chi connectivity index (χ0n) is 12.9. The molecular formula is C16H26N2O2. The summed E-state index contributed by atoms with van der Waals surface area (Å²) in [6.07, 6.45) is 8.98. The van der Waals surface area contributed by atoms with Crippen LogP contribution in [0.15, 0.2) is 12.4 Å². The van der Waals surface area contributed by atoms with Gasteiger partial charge in [-0.3, -0.25) is 4.79 Å². The summed E-state index contributed by atoms with van der Waals surface area (Å²) in [5, 5.41) is 0. The third-order valence-corrected chi connectivity index (χ3v) is 4.38. The van der Waals surface area contributed by atoms with Gasteiger partial charge in [0.15, 0.2) is 5.78 Å². The van der Waals surface area contributed by atoms with Gasteiger partial charge in [0.2, 0.25) is 0 Å². The SMILES string of the molecule is CCOC1(C(=O)CCc2nccn2C)CCCC(C)C1. The van der Waals surface area contributed by atoms with Gasteiger partial charge in [-0.1, -0.05) is 13.3 Å². The molecule has 20 heavy (non-hydrogen) atoms. The maximum absolute atomic E-state index is 12.7. The Morgan fingerprint density at radius 1 is 1.60 bits per heavy atom. The molecule has 2 atom stereocenters. The van der Waals surface area contributed by atoms with Gasteiger partial charge < -0.3 is 9.30 Å². The van der Waals surface area contributed by atoms with Crippen LogP contribution in [-0.2, 0) is 23.0 Å². The van der Waals surface area contributed by atoms with Gasteiger partial charge in [-0.25, -0.2) is 4.98 Å². The van der Waals surface area contributed by atoms with Gasteiger partial charge in [0, 0.05) is 38.9 Å². The van der Waals surface area contributed by atoms with Gasteiger partial charge in [0.05, 0.1) is 0 Å². The Morgan fingerprint density at radius 2 is 2.40 bits per heavy atom. The van der Waals surface area contributed by atoms with Gasteiger partial charge >= 0.3 is 0 Å². The molecule has 1 heterocycles. The number of carbonyl (C=O) groups is 1. The van der Waals surface area contributed by atoms with Crippen LogP contribution < -0.4 is 0 Å². The number of aromatic nitrogens is 2. The lowest BCUT2D eigenvalue weighted by Crippen LogP contribution is -2.45. The fourth-order valence-corrected chi connectivity index (χ4v) is 3.33. The highest BCUT2D eigenvalue weighted by molar-refractivity contribution is 5.87. The number of ketones is 1. The lowest BCUT2D eigenvalue weighted by molar-refractivity contribution is -0.151. The molecule has 0 aliphatic heterocycles. The largest absolute Gasteiger partial charge is 0.367 e. The number of Topliss-reactive ketones (excluding diaryl/α,β-unsaturated/α-hetero) is 1. The molecule has 1 aromatic rings. The zero-order valence-corrected chi connectivity index (χ0v) is 12.9. The molecule has 2 unspecified atom stereocenters. The summed E-state index contributed by atoms with van der Waals surface area (Å²) in [5.74, 6) is 1.80. The Morgan fingerprint density at radius 3 is 3.00 bits per heavy atom. The molecule has 4 nitrogen and oxygen atoms in total. The molecule has 0 bridgehead atoms. The fraction of sp³-hybridized carbons (Fsp3) is 0.750. The zero-order chi connectivity index (χ0) is 14.6. The molecule has 0 spiro atoms. The third-order valence-electron chi connectivity index (χ3n) is 4.38. The summed E-state index contributed by atoms with van der Waals surface area (Å²) in [6, 6.07) is 0. The summed E-state index contributed by atoms with van der Waals surface area (Å²) in [5.41, 5.74) is -0.530. The van der Waals surface area contributed by atoms with Gasteiger partial charge in [0.1, 0.15) is 11.4 Å². The molecule has 4 heteroatoms. The van der Waals surface area contributed by atoms with Crippen LogP contribution in [0.5, 0.6) is 0 Å². The monoisotopic (exact) mass is 278 g/mol. The van der Waals surface area contributed by atoms with E-state index in [4.69, 9.17) is 4.74 Å². The van der Waals surface area contributed by atoms with Crippen molar-refractivity contribution in [1.29, 1.82) is 0 Å². The average molecular weight is 278 g/mol. The molecule has 1 aliphatic rings. The first-order valence-electron chi connectivity index (χ1n) is 7.71. The third kappa shape index (κ3) is 3.29. The van der Waals surface area contributed by atoms with E-state index >= 15 is 0 Å². The molecule has 112 valence electrons. The first-order chi connectivity index (χ1) is 9.57. The summed E-state index contributed by atoms with van der Waals surface area (Å²) in [4.78, 5) is 17.0. The summed E-state index contributed by atoms with van der Waals surface area (Å²) < 4.78 is 7.90. The van der Waals surface area contributed by atoms with Crippen LogP contribution in [0, 0.1) is 5.92 Å². The Balaban J connectivity index is 2.01. The maximum atomic E-state index is 12.7. The highest BCUT2D eigenvalue weighted by Gasteiger charge is 2.41. The van der Waals surface area contributed by atoms with Crippen molar-refractivity contribution in [1.82, 2.24) is 9.55 Å². The van der Waals surface area contributed by atoms with Crippen molar-refractivity contribution in [3.8, 4) is 0 Å². The molecule has 0 N–H and O–H groups in total. The van der Waals surface area contributed by atoms with Crippen molar-refractivity contribution in [2.24, 2.45) is 13.0 Å². The highest BCUT2D eigenvalue weighted by Crippen LogP contribution is 2.36. The number of nitrogens with zero attached hydrogens (tertiary/aromatic N) is 2. The normalized spacial score (nSPS) is 26.6. The van der Waals surface area contributed by atoms with Crippen molar-refractivity contribution < 1.29 is 9.53 Å². The Labute approximate surface area is 121 Å². The second kappa shape index (κ2) is 6.53. The number of imidazole rings is 1. The second-order valence-electron chi connectivity index (χ2n) is 6.01. The molecule has 1 fully saturated rings. The standard InChI is InChI=1S/C16H26N2O2/c1-4-20-16(9-5-6-13(2)12-16)14(19)7-8-15-17-10-11-18(15)3/h10-11,13H,4-9,12H2,1-3H3. The number of carbonyl (C=O) groups excluding carboxylic acids is 1. The van der Waals surface area contributed by atoms with Crippen molar-refractivity contribution >= 4 is 5.78 Å². The van der Waals surface area contributed by atoms with E-state index in [9.17, 15) is 4.79 Å². The number of rotatable bonds is 6. The van der Waals surface area contributed by atoms with E-state index in [0.29, 0.717) is 25.4 Å². The first kappa shape index (κ1) is 15.2. The minimum absolute atomic E-state index is 0.258. The van der Waals surface area contributed by atoms with Crippen LogP contribution in [0.25, 0.3) is 0 Å².